The van der Waals surface area contributed by atoms with Crippen molar-refractivity contribution in [1.82, 2.24) is 9.66 Å². The summed E-state index contributed by atoms with van der Waals surface area (Å²) in [7, 11) is 3.28. The van der Waals surface area contributed by atoms with Crippen molar-refractivity contribution >= 4 is 12.2 Å². The molecule has 0 bridgehead atoms. The van der Waals surface area contributed by atoms with E-state index < -0.39 is 0 Å². The van der Waals surface area contributed by atoms with Gasteiger partial charge in [-0.15, -0.1) is 0 Å². The Bertz CT molecular complexity index is 667. The van der Waals surface area contributed by atoms with Crippen LogP contribution in [0.25, 0.3) is 0 Å². The number of benzene rings is 1. The molecule has 2 N–H and O–H groups in total. The molecule has 7 heteroatoms. The fraction of sp³-hybridized carbons (Fsp3) is 0.375. The average molecular weight is 318 g/mol. The smallest absolute Gasteiger partial charge is 0.221 e. The molecule has 7 nitrogen and oxygen atoms in total. The molecular formula is C16H22N4O3. The maximum Gasteiger partial charge on any atom is 0.221 e. The quantitative estimate of drug-likeness (QED) is 0.595. The number of rotatable bonds is 8. The lowest BCUT2D eigenvalue weighted by molar-refractivity contribution is 0.170. The highest BCUT2D eigenvalue weighted by atomic mass is 16.5. The predicted octanol–water partition coefficient (Wildman–Crippen LogP) is 2.08. The molecule has 0 aliphatic carbocycles. The first-order valence-electron chi connectivity index (χ1n) is 7.29. The molecule has 0 unspecified atom stereocenters. The van der Waals surface area contributed by atoms with E-state index in [-0.39, 0.29) is 0 Å². The van der Waals surface area contributed by atoms with E-state index in [0.29, 0.717) is 30.7 Å². The van der Waals surface area contributed by atoms with Gasteiger partial charge in [-0.3, -0.25) is 0 Å². The van der Waals surface area contributed by atoms with E-state index in [1.165, 1.54) is 4.68 Å². The lowest BCUT2D eigenvalue weighted by Gasteiger charge is -2.11. The Hall–Kier alpha value is -2.54. The average Bonchev–Trinajstić information content (AvgIpc) is 2.87. The highest BCUT2D eigenvalue weighted by molar-refractivity contribution is 5.81. The zero-order valence-electron chi connectivity index (χ0n) is 13.7. The summed E-state index contributed by atoms with van der Waals surface area (Å²) in [6, 6.07) is 5.61. The molecule has 2 aromatic rings. The summed E-state index contributed by atoms with van der Waals surface area (Å²) < 4.78 is 17.6. The van der Waals surface area contributed by atoms with E-state index in [0.717, 1.165) is 17.7 Å². The van der Waals surface area contributed by atoms with Crippen LogP contribution in [-0.2, 0) is 4.74 Å². The first-order chi connectivity index (χ1) is 11.1. The predicted molar refractivity (Wildman–Crippen MR) is 89.4 cm³/mol. The van der Waals surface area contributed by atoms with Crippen molar-refractivity contribution < 1.29 is 14.2 Å². The van der Waals surface area contributed by atoms with Crippen molar-refractivity contribution in [2.45, 2.75) is 13.3 Å². The van der Waals surface area contributed by atoms with Gasteiger partial charge in [0, 0.05) is 20.1 Å². The molecule has 124 valence electrons. The van der Waals surface area contributed by atoms with Crippen molar-refractivity contribution in [1.29, 1.82) is 0 Å². The molecule has 23 heavy (non-hydrogen) atoms. The monoisotopic (exact) mass is 318 g/mol. The number of methoxy groups -OCH3 is 2. The Morgan fingerprint density at radius 1 is 1.26 bits per heavy atom. The SMILES string of the molecule is COCCCOc1cc(C=Nn2cc(C)nc2N)ccc1OC. The molecule has 0 amide bonds. The van der Waals surface area contributed by atoms with Crippen LogP contribution < -0.4 is 15.2 Å². The molecule has 1 aromatic carbocycles. The second-order valence-electron chi connectivity index (χ2n) is 4.93. The van der Waals surface area contributed by atoms with Crippen LogP contribution in [-0.4, -0.2) is 43.3 Å². The Kier molecular flexibility index (Phi) is 5.99. The van der Waals surface area contributed by atoms with Gasteiger partial charge in [0.1, 0.15) is 0 Å². The minimum atomic E-state index is 0.350. The van der Waals surface area contributed by atoms with Gasteiger partial charge in [0.2, 0.25) is 5.95 Å². The number of nitrogens with two attached hydrogens (primary N) is 1. The second kappa shape index (κ2) is 8.19. The van der Waals surface area contributed by atoms with E-state index in [4.69, 9.17) is 19.9 Å². The molecule has 1 heterocycles. The Morgan fingerprint density at radius 3 is 2.74 bits per heavy atom. The third-order valence-corrected chi connectivity index (χ3v) is 3.10. The Balaban J connectivity index is 2.11. The van der Waals surface area contributed by atoms with Crippen LogP contribution in [0.3, 0.4) is 0 Å². The third kappa shape index (κ3) is 4.72. The number of hydrogen-bond donors (Lipinski definition) is 1. The van der Waals surface area contributed by atoms with Gasteiger partial charge in [-0.2, -0.15) is 5.10 Å². The van der Waals surface area contributed by atoms with Gasteiger partial charge >= 0.3 is 0 Å². The van der Waals surface area contributed by atoms with Crippen LogP contribution >= 0.6 is 0 Å². The van der Waals surface area contributed by atoms with Crippen molar-refractivity contribution in [2.24, 2.45) is 5.10 Å². The fourth-order valence-corrected chi connectivity index (χ4v) is 2.00. The molecule has 0 aliphatic heterocycles. The van der Waals surface area contributed by atoms with E-state index in [1.54, 1.807) is 26.6 Å². The maximum atomic E-state index is 5.76. The molecule has 0 atom stereocenters. The number of aryl methyl sites for hydroxylation is 1. The number of anilines is 1. The molecule has 0 radical (unpaired) electrons. The largest absolute Gasteiger partial charge is 0.493 e. The van der Waals surface area contributed by atoms with Crippen LogP contribution in [0, 0.1) is 6.92 Å². The van der Waals surface area contributed by atoms with Crippen molar-refractivity contribution in [3.8, 4) is 11.5 Å². The zero-order valence-corrected chi connectivity index (χ0v) is 13.7. The number of nitrogens with zero attached hydrogens (tertiary/aromatic N) is 3. The molecule has 0 saturated carbocycles. The zero-order chi connectivity index (χ0) is 16.7. The maximum absolute atomic E-state index is 5.76. The number of imidazole rings is 1. The van der Waals surface area contributed by atoms with Crippen molar-refractivity contribution in [3.63, 3.8) is 0 Å². The van der Waals surface area contributed by atoms with Gasteiger partial charge in [0.15, 0.2) is 11.5 Å². The van der Waals surface area contributed by atoms with Gasteiger partial charge in [0.25, 0.3) is 0 Å². The number of nitrogen functional groups attached to an aromatic ring is 1. The van der Waals surface area contributed by atoms with Crippen LogP contribution in [0.1, 0.15) is 17.7 Å². The lowest BCUT2D eigenvalue weighted by atomic mass is 10.2. The molecule has 2 rings (SSSR count). The van der Waals surface area contributed by atoms with Gasteiger partial charge in [-0.25, -0.2) is 9.66 Å². The normalized spacial score (nSPS) is 11.1. The minimum absolute atomic E-state index is 0.350. The lowest BCUT2D eigenvalue weighted by Crippen LogP contribution is -2.03. The highest BCUT2D eigenvalue weighted by Gasteiger charge is 2.05. The van der Waals surface area contributed by atoms with E-state index in [1.807, 2.05) is 25.1 Å². The number of ether oxygens (including phenoxy) is 3. The van der Waals surface area contributed by atoms with Gasteiger partial charge in [0.05, 0.1) is 31.8 Å². The molecule has 0 aliphatic rings. The van der Waals surface area contributed by atoms with E-state index >= 15 is 0 Å². The van der Waals surface area contributed by atoms with Crippen LogP contribution in [0.5, 0.6) is 11.5 Å². The van der Waals surface area contributed by atoms with Crippen LogP contribution in [0.4, 0.5) is 5.95 Å². The van der Waals surface area contributed by atoms with E-state index in [2.05, 4.69) is 10.1 Å². The standard InChI is InChI=1S/C16H22N4O3/c1-12-11-20(16(17)19-12)18-10-13-5-6-14(22-3)15(9-13)23-8-4-7-21-2/h5-6,9-11H,4,7-8H2,1-3H3,(H2,17,19). The summed E-state index contributed by atoms with van der Waals surface area (Å²) in [6.45, 7) is 3.07. The first-order valence-corrected chi connectivity index (χ1v) is 7.29. The summed E-state index contributed by atoms with van der Waals surface area (Å²) in [5, 5.41) is 4.29. The summed E-state index contributed by atoms with van der Waals surface area (Å²) in [5.74, 6) is 1.70. The Labute approximate surface area is 135 Å². The summed E-state index contributed by atoms with van der Waals surface area (Å²) in [4.78, 5) is 4.10. The molecule has 0 saturated heterocycles. The highest BCUT2D eigenvalue weighted by Crippen LogP contribution is 2.27. The van der Waals surface area contributed by atoms with Crippen LogP contribution in [0.2, 0.25) is 0 Å². The number of aromatic nitrogens is 2. The summed E-state index contributed by atoms with van der Waals surface area (Å²) in [5.41, 5.74) is 7.45. The summed E-state index contributed by atoms with van der Waals surface area (Å²) >= 11 is 0. The molecule has 0 fully saturated rings. The second-order valence-corrected chi connectivity index (χ2v) is 4.93. The molecule has 0 spiro atoms. The van der Waals surface area contributed by atoms with E-state index in [9.17, 15) is 0 Å². The Morgan fingerprint density at radius 2 is 2.09 bits per heavy atom. The number of hydrogen-bond acceptors (Lipinski definition) is 6. The third-order valence-electron chi connectivity index (χ3n) is 3.10. The van der Waals surface area contributed by atoms with Crippen LogP contribution in [0.15, 0.2) is 29.5 Å². The summed E-state index contributed by atoms with van der Waals surface area (Å²) in [6.07, 6.45) is 4.26. The van der Waals surface area contributed by atoms with Crippen molar-refractivity contribution in [3.05, 3.63) is 35.7 Å². The van der Waals surface area contributed by atoms with Gasteiger partial charge < -0.3 is 19.9 Å². The molecular weight excluding hydrogens is 296 g/mol. The molecule has 1 aromatic heterocycles. The van der Waals surface area contributed by atoms with Crippen molar-refractivity contribution in [2.75, 3.05) is 33.2 Å². The topological polar surface area (TPSA) is 83.9 Å². The minimum Gasteiger partial charge on any atom is -0.493 e. The van der Waals surface area contributed by atoms with Gasteiger partial charge in [-0.1, -0.05) is 0 Å². The fourth-order valence-electron chi connectivity index (χ4n) is 2.00. The van der Waals surface area contributed by atoms with Gasteiger partial charge in [-0.05, 0) is 30.7 Å². The first kappa shape index (κ1) is 16.8.